The Kier molecular flexibility index (Phi) is 6.17. The second kappa shape index (κ2) is 8.05. The SMILES string of the molecule is CN(C(=O)OC(C)(C)C)c1cccc(C(=O)Nc2ccc(C(C)(C)C)cc2)c1. The van der Waals surface area contributed by atoms with Gasteiger partial charge in [0.25, 0.3) is 5.91 Å². The molecule has 0 unspecified atom stereocenters. The summed E-state index contributed by atoms with van der Waals surface area (Å²) >= 11 is 0. The van der Waals surface area contributed by atoms with Gasteiger partial charge in [0.2, 0.25) is 0 Å². The van der Waals surface area contributed by atoms with Gasteiger partial charge in [-0.1, -0.05) is 39.0 Å². The van der Waals surface area contributed by atoms with Gasteiger partial charge in [0.15, 0.2) is 0 Å². The summed E-state index contributed by atoms with van der Waals surface area (Å²) < 4.78 is 5.37. The number of amides is 2. The summed E-state index contributed by atoms with van der Waals surface area (Å²) in [5.41, 5.74) is 2.45. The van der Waals surface area contributed by atoms with Gasteiger partial charge >= 0.3 is 6.09 Å². The van der Waals surface area contributed by atoms with E-state index >= 15 is 0 Å². The van der Waals surface area contributed by atoms with Gasteiger partial charge < -0.3 is 10.1 Å². The molecule has 0 fully saturated rings. The Balaban J connectivity index is 2.12. The van der Waals surface area contributed by atoms with Gasteiger partial charge in [-0.25, -0.2) is 4.79 Å². The van der Waals surface area contributed by atoms with Crippen molar-refractivity contribution in [1.29, 1.82) is 0 Å². The van der Waals surface area contributed by atoms with Crippen molar-refractivity contribution < 1.29 is 14.3 Å². The minimum Gasteiger partial charge on any atom is -0.443 e. The molecule has 1 N–H and O–H groups in total. The van der Waals surface area contributed by atoms with Crippen LogP contribution in [0.4, 0.5) is 16.2 Å². The van der Waals surface area contributed by atoms with Crippen molar-refractivity contribution >= 4 is 23.4 Å². The maximum atomic E-state index is 12.6. The Hall–Kier alpha value is -2.82. The number of hydrogen-bond donors (Lipinski definition) is 1. The molecular weight excluding hydrogens is 352 g/mol. The van der Waals surface area contributed by atoms with Crippen LogP contribution in [0, 0.1) is 0 Å². The molecule has 0 saturated heterocycles. The predicted molar refractivity (Wildman–Crippen MR) is 114 cm³/mol. The molecule has 2 aromatic carbocycles. The average molecular weight is 383 g/mol. The summed E-state index contributed by atoms with van der Waals surface area (Å²) in [5.74, 6) is -0.233. The van der Waals surface area contributed by atoms with E-state index in [9.17, 15) is 9.59 Å². The Morgan fingerprint density at radius 1 is 0.929 bits per heavy atom. The molecule has 0 bridgehead atoms. The lowest BCUT2D eigenvalue weighted by atomic mass is 9.87. The zero-order valence-corrected chi connectivity index (χ0v) is 17.8. The summed E-state index contributed by atoms with van der Waals surface area (Å²) in [6.07, 6.45) is -0.470. The first-order valence-electron chi connectivity index (χ1n) is 9.35. The number of nitrogens with zero attached hydrogens (tertiary/aromatic N) is 1. The molecule has 150 valence electrons. The molecule has 0 radical (unpaired) electrons. The number of ether oxygens (including phenoxy) is 1. The second-order valence-corrected chi connectivity index (χ2v) is 8.87. The zero-order chi connectivity index (χ0) is 21.1. The van der Waals surface area contributed by atoms with Crippen LogP contribution in [0.2, 0.25) is 0 Å². The summed E-state index contributed by atoms with van der Waals surface area (Å²) in [5, 5.41) is 2.90. The summed E-state index contributed by atoms with van der Waals surface area (Å²) in [6, 6.07) is 14.7. The van der Waals surface area contributed by atoms with E-state index in [1.54, 1.807) is 31.3 Å². The largest absolute Gasteiger partial charge is 0.443 e. The monoisotopic (exact) mass is 382 g/mol. The minimum absolute atomic E-state index is 0.0586. The van der Waals surface area contributed by atoms with E-state index in [0.29, 0.717) is 11.3 Å². The fourth-order valence-electron chi connectivity index (χ4n) is 2.55. The van der Waals surface area contributed by atoms with Gasteiger partial charge in [0.1, 0.15) is 5.60 Å². The fraction of sp³-hybridized carbons (Fsp3) is 0.391. The van der Waals surface area contributed by atoms with E-state index in [4.69, 9.17) is 4.74 Å². The Labute approximate surface area is 167 Å². The van der Waals surface area contributed by atoms with E-state index in [2.05, 4.69) is 26.1 Å². The first kappa shape index (κ1) is 21.5. The first-order valence-corrected chi connectivity index (χ1v) is 9.35. The quantitative estimate of drug-likeness (QED) is 0.751. The smallest absolute Gasteiger partial charge is 0.414 e. The van der Waals surface area contributed by atoms with Gasteiger partial charge in [-0.15, -0.1) is 0 Å². The normalized spacial score (nSPS) is 11.7. The Morgan fingerprint density at radius 2 is 1.54 bits per heavy atom. The van der Waals surface area contributed by atoms with Crippen LogP contribution in [-0.4, -0.2) is 24.6 Å². The van der Waals surface area contributed by atoms with Crippen LogP contribution in [0.1, 0.15) is 57.5 Å². The molecule has 5 nitrogen and oxygen atoms in total. The molecule has 0 aliphatic rings. The highest BCUT2D eigenvalue weighted by molar-refractivity contribution is 6.05. The average Bonchev–Trinajstić information content (AvgIpc) is 2.59. The Bertz CT molecular complexity index is 843. The number of carbonyl (C=O) groups excluding carboxylic acids is 2. The highest BCUT2D eigenvalue weighted by atomic mass is 16.6. The van der Waals surface area contributed by atoms with Crippen LogP contribution in [0.5, 0.6) is 0 Å². The zero-order valence-electron chi connectivity index (χ0n) is 17.8. The molecule has 2 amide bonds. The van der Waals surface area contributed by atoms with Gasteiger partial charge in [-0.3, -0.25) is 9.69 Å². The van der Waals surface area contributed by atoms with Crippen LogP contribution < -0.4 is 10.2 Å². The molecule has 2 aromatic rings. The Morgan fingerprint density at radius 3 is 2.07 bits per heavy atom. The molecule has 0 saturated carbocycles. The van der Waals surface area contributed by atoms with E-state index in [1.165, 1.54) is 10.5 Å². The van der Waals surface area contributed by atoms with Crippen LogP contribution >= 0.6 is 0 Å². The third-order valence-corrected chi connectivity index (χ3v) is 4.17. The lowest BCUT2D eigenvalue weighted by Crippen LogP contribution is -2.34. The van der Waals surface area contributed by atoms with Crippen molar-refractivity contribution in [2.75, 3.05) is 17.3 Å². The first-order chi connectivity index (χ1) is 12.9. The number of anilines is 2. The van der Waals surface area contributed by atoms with Crippen molar-refractivity contribution in [2.24, 2.45) is 0 Å². The summed E-state index contributed by atoms with van der Waals surface area (Å²) in [7, 11) is 1.62. The van der Waals surface area contributed by atoms with Crippen molar-refractivity contribution in [3.05, 3.63) is 59.7 Å². The maximum Gasteiger partial charge on any atom is 0.414 e. The van der Waals surface area contributed by atoms with Crippen molar-refractivity contribution in [3.63, 3.8) is 0 Å². The highest BCUT2D eigenvalue weighted by Crippen LogP contribution is 2.24. The maximum absolute atomic E-state index is 12.6. The molecule has 2 rings (SSSR count). The number of benzene rings is 2. The molecule has 0 aromatic heterocycles. The lowest BCUT2D eigenvalue weighted by Gasteiger charge is -2.24. The van der Waals surface area contributed by atoms with Crippen LogP contribution in [0.15, 0.2) is 48.5 Å². The standard InChI is InChI=1S/C23H30N2O3/c1-22(2,3)17-11-13-18(14-12-17)24-20(26)16-9-8-10-19(15-16)25(7)21(27)28-23(4,5)6/h8-15H,1-7H3,(H,24,26). The van der Waals surface area contributed by atoms with Crippen molar-refractivity contribution in [3.8, 4) is 0 Å². The highest BCUT2D eigenvalue weighted by Gasteiger charge is 2.21. The third-order valence-electron chi connectivity index (χ3n) is 4.17. The molecule has 28 heavy (non-hydrogen) atoms. The fourth-order valence-corrected chi connectivity index (χ4v) is 2.55. The molecule has 0 atom stereocenters. The van der Waals surface area contributed by atoms with Crippen LogP contribution in [0.3, 0.4) is 0 Å². The summed E-state index contributed by atoms with van der Waals surface area (Å²) in [4.78, 5) is 26.3. The number of hydrogen-bond acceptors (Lipinski definition) is 3. The molecule has 0 heterocycles. The van der Waals surface area contributed by atoms with E-state index < -0.39 is 11.7 Å². The van der Waals surface area contributed by atoms with Gasteiger partial charge in [-0.2, -0.15) is 0 Å². The van der Waals surface area contributed by atoms with Crippen molar-refractivity contribution in [1.82, 2.24) is 0 Å². The van der Waals surface area contributed by atoms with Crippen LogP contribution in [-0.2, 0) is 10.2 Å². The van der Waals surface area contributed by atoms with Crippen molar-refractivity contribution in [2.45, 2.75) is 52.6 Å². The van der Waals surface area contributed by atoms with Gasteiger partial charge in [0, 0.05) is 24.0 Å². The number of rotatable bonds is 3. The van der Waals surface area contributed by atoms with E-state index in [-0.39, 0.29) is 11.3 Å². The molecule has 0 aliphatic carbocycles. The molecule has 0 aliphatic heterocycles. The predicted octanol–water partition coefficient (Wildman–Crippen LogP) is 5.61. The van der Waals surface area contributed by atoms with E-state index in [0.717, 1.165) is 5.69 Å². The van der Waals surface area contributed by atoms with E-state index in [1.807, 2.05) is 45.0 Å². The third kappa shape index (κ3) is 5.84. The molecular formula is C23H30N2O3. The molecule has 5 heteroatoms. The number of nitrogens with one attached hydrogen (secondary N) is 1. The lowest BCUT2D eigenvalue weighted by molar-refractivity contribution is 0.0589. The van der Waals surface area contributed by atoms with Gasteiger partial charge in [0.05, 0.1) is 0 Å². The van der Waals surface area contributed by atoms with Crippen LogP contribution in [0.25, 0.3) is 0 Å². The number of carbonyl (C=O) groups is 2. The van der Waals surface area contributed by atoms with Gasteiger partial charge in [-0.05, 0) is 62.1 Å². The minimum atomic E-state index is -0.584. The topological polar surface area (TPSA) is 58.6 Å². The summed E-state index contributed by atoms with van der Waals surface area (Å²) in [6.45, 7) is 11.9. The second-order valence-electron chi connectivity index (χ2n) is 8.87. The molecule has 0 spiro atoms.